The van der Waals surface area contributed by atoms with Gasteiger partial charge in [-0.1, -0.05) is 24.3 Å². The number of likely N-dealkylation sites (tertiary alicyclic amines) is 1. The number of anilines is 2. The van der Waals surface area contributed by atoms with E-state index in [0.29, 0.717) is 32.2 Å². The van der Waals surface area contributed by atoms with Gasteiger partial charge in [0, 0.05) is 31.1 Å². The molecular formula is C28H37N7O3. The maximum atomic E-state index is 12.9. The molecule has 0 radical (unpaired) electrons. The highest BCUT2D eigenvalue weighted by atomic mass is 16.5. The van der Waals surface area contributed by atoms with E-state index in [9.17, 15) is 4.79 Å². The summed E-state index contributed by atoms with van der Waals surface area (Å²) < 4.78 is 12.7. The first-order chi connectivity index (χ1) is 18.5. The molecule has 38 heavy (non-hydrogen) atoms. The van der Waals surface area contributed by atoms with Gasteiger partial charge in [0.1, 0.15) is 0 Å². The third kappa shape index (κ3) is 6.31. The summed E-state index contributed by atoms with van der Waals surface area (Å²) in [5.41, 5.74) is 4.41. The van der Waals surface area contributed by atoms with Gasteiger partial charge >= 0.3 is 6.03 Å². The Morgan fingerprint density at radius 3 is 2.95 bits per heavy atom. The van der Waals surface area contributed by atoms with E-state index >= 15 is 0 Å². The summed E-state index contributed by atoms with van der Waals surface area (Å²) in [6.07, 6.45) is 16.9. The van der Waals surface area contributed by atoms with Crippen LogP contribution in [-0.4, -0.2) is 75.7 Å². The molecule has 10 heteroatoms. The second-order valence-electron chi connectivity index (χ2n) is 10.3. The minimum atomic E-state index is -0.101. The van der Waals surface area contributed by atoms with Gasteiger partial charge in [-0.05, 0) is 50.3 Å². The first kappa shape index (κ1) is 26.1. The first-order valence-electron chi connectivity index (χ1n) is 13.4. The summed E-state index contributed by atoms with van der Waals surface area (Å²) in [6, 6.07) is 1.87. The third-order valence-electron chi connectivity index (χ3n) is 7.12. The Bertz CT molecular complexity index is 1210. The Hall–Kier alpha value is -3.50. The standard InChI is InChI=1S/C28H37N7O3/c1-19(2)38-23-17-34(18-23)28(36)33-26-7-5-4-6-20-14-21(8-9-24(20)26)25-10-11-29-27(32-25)31-22-15-30-35(16-22)12-13-37-3/h4-7,10-11,15-16,19,21,23,26H,8-9,12-14,17-18H2,1-3H3,(H,33,36)(H,29,31,32). The van der Waals surface area contributed by atoms with Crippen LogP contribution in [0.4, 0.5) is 16.4 Å². The van der Waals surface area contributed by atoms with E-state index in [0.717, 1.165) is 30.6 Å². The molecule has 2 amide bonds. The molecule has 0 bridgehead atoms. The van der Waals surface area contributed by atoms with E-state index in [1.165, 1.54) is 11.1 Å². The average Bonchev–Trinajstić information content (AvgIpc) is 3.23. The molecule has 10 nitrogen and oxygen atoms in total. The number of amides is 2. The van der Waals surface area contributed by atoms with Crippen LogP contribution < -0.4 is 10.6 Å². The lowest BCUT2D eigenvalue weighted by molar-refractivity contribution is -0.0642. The molecule has 0 saturated carbocycles. The van der Waals surface area contributed by atoms with Crippen LogP contribution in [0.5, 0.6) is 0 Å². The highest BCUT2D eigenvalue weighted by Crippen LogP contribution is 2.38. The van der Waals surface area contributed by atoms with Crippen molar-refractivity contribution in [1.82, 2.24) is 30.0 Å². The maximum absolute atomic E-state index is 12.9. The number of urea groups is 1. The van der Waals surface area contributed by atoms with Gasteiger partial charge < -0.3 is 25.0 Å². The number of hydrogen-bond donors (Lipinski definition) is 2. The van der Waals surface area contributed by atoms with Crippen molar-refractivity contribution in [3.05, 3.63) is 65.8 Å². The Morgan fingerprint density at radius 1 is 1.26 bits per heavy atom. The lowest BCUT2D eigenvalue weighted by atomic mass is 9.80. The van der Waals surface area contributed by atoms with Gasteiger partial charge in [0.25, 0.3) is 0 Å². The summed E-state index contributed by atoms with van der Waals surface area (Å²) in [5, 5.41) is 10.8. The largest absolute Gasteiger partial charge is 0.383 e. The molecule has 2 unspecified atom stereocenters. The molecule has 2 aromatic heterocycles. The molecule has 1 saturated heterocycles. The van der Waals surface area contributed by atoms with E-state index in [4.69, 9.17) is 14.5 Å². The zero-order valence-corrected chi connectivity index (χ0v) is 22.3. The van der Waals surface area contributed by atoms with Crippen molar-refractivity contribution in [1.29, 1.82) is 0 Å². The van der Waals surface area contributed by atoms with Gasteiger partial charge in [0.15, 0.2) is 0 Å². The van der Waals surface area contributed by atoms with Gasteiger partial charge in [-0.2, -0.15) is 5.10 Å². The summed E-state index contributed by atoms with van der Waals surface area (Å²) in [5.74, 6) is 0.844. The van der Waals surface area contributed by atoms with Crippen LogP contribution >= 0.6 is 0 Å². The number of methoxy groups -OCH3 is 1. The van der Waals surface area contributed by atoms with Crippen LogP contribution in [0.2, 0.25) is 0 Å². The fourth-order valence-corrected chi connectivity index (χ4v) is 5.19. The van der Waals surface area contributed by atoms with Crippen LogP contribution in [0.1, 0.15) is 44.7 Å². The van der Waals surface area contributed by atoms with Crippen molar-refractivity contribution in [2.75, 3.05) is 32.1 Å². The minimum absolute atomic E-state index is 0.0313. The quantitative estimate of drug-likeness (QED) is 0.517. The number of carbonyl (C=O) groups excluding carboxylic acids is 1. The number of rotatable bonds is 9. The SMILES string of the molecule is COCCn1cc(Nc2nccc(C3CCC4=C(C=CC=CC4NC(=O)N4CC(OC(C)C)C4)C3)n2)cn1. The minimum Gasteiger partial charge on any atom is -0.383 e. The third-order valence-corrected chi connectivity index (χ3v) is 7.12. The number of allylic oxidation sites excluding steroid dienone is 4. The molecule has 2 atom stereocenters. The van der Waals surface area contributed by atoms with Crippen LogP contribution in [0, 0.1) is 0 Å². The van der Waals surface area contributed by atoms with Crippen molar-refractivity contribution in [2.24, 2.45) is 0 Å². The van der Waals surface area contributed by atoms with Crippen LogP contribution in [-0.2, 0) is 16.0 Å². The lowest BCUT2D eigenvalue weighted by Gasteiger charge is -2.40. The second kappa shape index (κ2) is 11.9. The Kier molecular flexibility index (Phi) is 8.19. The predicted molar refractivity (Wildman–Crippen MR) is 145 cm³/mol. The Morgan fingerprint density at radius 2 is 2.13 bits per heavy atom. The number of ether oxygens (including phenoxy) is 2. The fraction of sp³-hybridized carbons (Fsp3) is 0.500. The van der Waals surface area contributed by atoms with Crippen molar-refractivity contribution in [2.45, 2.75) is 63.8 Å². The summed E-state index contributed by atoms with van der Waals surface area (Å²) >= 11 is 0. The highest BCUT2D eigenvalue weighted by molar-refractivity contribution is 5.76. The van der Waals surface area contributed by atoms with Crippen LogP contribution in [0.3, 0.4) is 0 Å². The summed E-state index contributed by atoms with van der Waals surface area (Å²) in [6.45, 7) is 6.63. The van der Waals surface area contributed by atoms with Crippen molar-refractivity contribution >= 4 is 17.7 Å². The molecule has 0 spiro atoms. The van der Waals surface area contributed by atoms with E-state index < -0.39 is 0 Å². The molecule has 3 aliphatic rings. The number of aromatic nitrogens is 4. The monoisotopic (exact) mass is 519 g/mol. The van der Waals surface area contributed by atoms with Crippen LogP contribution in [0.25, 0.3) is 0 Å². The molecule has 0 aromatic carbocycles. The van der Waals surface area contributed by atoms with Crippen LogP contribution in [0.15, 0.2) is 60.1 Å². The number of carbonyl (C=O) groups is 1. The highest BCUT2D eigenvalue weighted by Gasteiger charge is 2.34. The van der Waals surface area contributed by atoms with E-state index in [1.807, 2.05) is 41.8 Å². The molecule has 202 valence electrons. The topological polar surface area (TPSA) is 106 Å². The molecule has 2 N–H and O–H groups in total. The molecule has 1 aliphatic heterocycles. The number of nitrogens with zero attached hydrogens (tertiary/aromatic N) is 5. The zero-order chi connectivity index (χ0) is 26.5. The van der Waals surface area contributed by atoms with Gasteiger partial charge in [0.05, 0.1) is 56.4 Å². The Labute approximate surface area is 223 Å². The molecule has 1 fully saturated rings. The molecule has 2 aromatic rings. The second-order valence-corrected chi connectivity index (χ2v) is 10.3. The molecular weight excluding hydrogens is 482 g/mol. The molecule has 2 aliphatic carbocycles. The fourth-order valence-electron chi connectivity index (χ4n) is 5.19. The predicted octanol–water partition coefficient (Wildman–Crippen LogP) is 3.94. The smallest absolute Gasteiger partial charge is 0.318 e. The van der Waals surface area contributed by atoms with Crippen molar-refractivity contribution in [3.63, 3.8) is 0 Å². The van der Waals surface area contributed by atoms with E-state index in [-0.39, 0.29) is 30.2 Å². The van der Waals surface area contributed by atoms with Crippen molar-refractivity contribution < 1.29 is 14.3 Å². The van der Waals surface area contributed by atoms with Gasteiger partial charge in [0.2, 0.25) is 5.95 Å². The van der Waals surface area contributed by atoms with Gasteiger partial charge in [-0.3, -0.25) is 4.68 Å². The summed E-state index contributed by atoms with van der Waals surface area (Å²) in [7, 11) is 1.68. The number of hydrogen-bond acceptors (Lipinski definition) is 7. The first-order valence-corrected chi connectivity index (χ1v) is 13.4. The van der Waals surface area contributed by atoms with Gasteiger partial charge in [-0.25, -0.2) is 14.8 Å². The van der Waals surface area contributed by atoms with Gasteiger partial charge in [-0.15, -0.1) is 0 Å². The maximum Gasteiger partial charge on any atom is 0.318 e. The lowest BCUT2D eigenvalue weighted by Crippen LogP contribution is -2.59. The van der Waals surface area contributed by atoms with E-state index in [1.54, 1.807) is 19.5 Å². The zero-order valence-electron chi connectivity index (χ0n) is 22.3. The normalized spacial score (nSPS) is 21.3. The Balaban J connectivity index is 1.21. The molecule has 5 rings (SSSR count). The summed E-state index contributed by atoms with van der Waals surface area (Å²) in [4.78, 5) is 23.9. The number of nitrogens with one attached hydrogen (secondary N) is 2. The molecule has 3 heterocycles. The van der Waals surface area contributed by atoms with E-state index in [2.05, 4.69) is 38.9 Å². The van der Waals surface area contributed by atoms with Crippen molar-refractivity contribution in [3.8, 4) is 0 Å². The average molecular weight is 520 g/mol.